The van der Waals surface area contributed by atoms with Crippen LogP contribution in [0.25, 0.3) is 0 Å². The van der Waals surface area contributed by atoms with Gasteiger partial charge in [0.15, 0.2) is 0 Å². The first-order valence-corrected chi connectivity index (χ1v) is 5.38. The molecule has 0 N–H and O–H groups in total. The topological polar surface area (TPSA) is 26.3 Å². The summed E-state index contributed by atoms with van der Waals surface area (Å²) in [6.45, 7) is 2.04. The summed E-state index contributed by atoms with van der Waals surface area (Å²) in [7, 11) is 1.65. The van der Waals surface area contributed by atoms with Crippen molar-refractivity contribution < 1.29 is 9.53 Å². The molecular formula is C11H14O2S. The highest BCUT2D eigenvalue weighted by Gasteiger charge is 2.03. The quantitative estimate of drug-likeness (QED) is 0.552. The Labute approximate surface area is 88.7 Å². The maximum absolute atomic E-state index is 10.3. The molecule has 1 aromatic rings. The third kappa shape index (κ3) is 3.42. The molecule has 0 radical (unpaired) electrons. The van der Waals surface area contributed by atoms with Gasteiger partial charge in [0.1, 0.15) is 12.0 Å². The zero-order chi connectivity index (χ0) is 10.4. The van der Waals surface area contributed by atoms with Crippen LogP contribution in [-0.4, -0.2) is 18.6 Å². The second-order valence-corrected chi connectivity index (χ2v) is 4.52. The predicted molar refractivity (Wildman–Crippen MR) is 59.0 cm³/mol. The summed E-state index contributed by atoms with van der Waals surface area (Å²) in [5.74, 6) is 0.855. The molecule has 0 aliphatic carbocycles. The molecule has 0 saturated carbocycles. The third-order valence-electron chi connectivity index (χ3n) is 1.81. The molecule has 1 rings (SSSR count). The van der Waals surface area contributed by atoms with E-state index in [2.05, 4.69) is 0 Å². The smallest absolute Gasteiger partial charge is 0.121 e. The fourth-order valence-corrected chi connectivity index (χ4v) is 2.07. The number of hydrogen-bond donors (Lipinski definition) is 0. The lowest BCUT2D eigenvalue weighted by atomic mass is 10.3. The molecule has 0 saturated heterocycles. The summed E-state index contributed by atoms with van der Waals surface area (Å²) in [6, 6.07) is 7.86. The van der Waals surface area contributed by atoms with E-state index in [0.29, 0.717) is 11.7 Å². The first kappa shape index (κ1) is 11.1. The van der Waals surface area contributed by atoms with E-state index in [4.69, 9.17) is 4.74 Å². The Bertz CT molecular complexity index is 299. The molecule has 1 aromatic carbocycles. The average molecular weight is 210 g/mol. The second kappa shape index (κ2) is 5.70. The summed E-state index contributed by atoms with van der Waals surface area (Å²) in [4.78, 5) is 11.4. The number of methoxy groups -OCH3 is 1. The fraction of sp³-hybridized carbons (Fsp3) is 0.364. The fourth-order valence-electron chi connectivity index (χ4n) is 1.09. The Morgan fingerprint density at radius 3 is 3.00 bits per heavy atom. The Morgan fingerprint density at radius 2 is 2.36 bits per heavy atom. The van der Waals surface area contributed by atoms with Crippen molar-refractivity contribution in [3.63, 3.8) is 0 Å². The number of carbonyl (C=O) groups is 1. The predicted octanol–water partition coefficient (Wildman–Crippen LogP) is 2.76. The molecule has 3 heteroatoms. The lowest BCUT2D eigenvalue weighted by Crippen LogP contribution is -1.95. The van der Waals surface area contributed by atoms with Crippen molar-refractivity contribution in [3.8, 4) is 5.75 Å². The van der Waals surface area contributed by atoms with Crippen molar-refractivity contribution in [3.05, 3.63) is 24.3 Å². The zero-order valence-corrected chi connectivity index (χ0v) is 9.21. The van der Waals surface area contributed by atoms with Crippen LogP contribution in [0.3, 0.4) is 0 Å². The van der Waals surface area contributed by atoms with Gasteiger partial charge in [0, 0.05) is 16.6 Å². The van der Waals surface area contributed by atoms with Gasteiger partial charge < -0.3 is 9.53 Å². The van der Waals surface area contributed by atoms with Gasteiger partial charge in [0.05, 0.1) is 7.11 Å². The highest BCUT2D eigenvalue weighted by molar-refractivity contribution is 8.00. The summed E-state index contributed by atoms with van der Waals surface area (Å²) >= 11 is 1.69. The number of thioether (sulfide) groups is 1. The molecule has 1 atom stereocenters. The van der Waals surface area contributed by atoms with Gasteiger partial charge in [0.2, 0.25) is 0 Å². The van der Waals surface area contributed by atoms with Gasteiger partial charge >= 0.3 is 0 Å². The summed E-state index contributed by atoms with van der Waals surface area (Å²) < 4.78 is 5.11. The molecule has 1 unspecified atom stereocenters. The molecule has 14 heavy (non-hydrogen) atoms. The lowest BCUT2D eigenvalue weighted by Gasteiger charge is -2.08. The van der Waals surface area contributed by atoms with E-state index >= 15 is 0 Å². The minimum atomic E-state index is 0.319. The normalized spacial score (nSPS) is 12.1. The van der Waals surface area contributed by atoms with Crippen molar-refractivity contribution in [1.82, 2.24) is 0 Å². The Morgan fingerprint density at radius 1 is 1.57 bits per heavy atom. The molecule has 0 bridgehead atoms. The van der Waals surface area contributed by atoms with Crippen molar-refractivity contribution in [2.45, 2.75) is 23.5 Å². The van der Waals surface area contributed by atoms with E-state index in [1.54, 1.807) is 18.9 Å². The minimum absolute atomic E-state index is 0.319. The van der Waals surface area contributed by atoms with Gasteiger partial charge in [-0.2, -0.15) is 0 Å². The van der Waals surface area contributed by atoms with Gasteiger partial charge in [-0.15, -0.1) is 11.8 Å². The van der Waals surface area contributed by atoms with Crippen LogP contribution in [0.1, 0.15) is 13.3 Å². The van der Waals surface area contributed by atoms with Gasteiger partial charge in [-0.1, -0.05) is 13.0 Å². The molecular weight excluding hydrogens is 196 g/mol. The van der Waals surface area contributed by atoms with Gasteiger partial charge in [-0.05, 0) is 18.2 Å². The van der Waals surface area contributed by atoms with Crippen LogP contribution >= 0.6 is 11.8 Å². The van der Waals surface area contributed by atoms with E-state index in [9.17, 15) is 4.79 Å². The van der Waals surface area contributed by atoms with E-state index in [1.165, 1.54) is 0 Å². The van der Waals surface area contributed by atoms with Gasteiger partial charge in [-0.25, -0.2) is 0 Å². The van der Waals surface area contributed by atoms with Crippen LogP contribution in [0.2, 0.25) is 0 Å². The monoisotopic (exact) mass is 210 g/mol. The highest BCUT2D eigenvalue weighted by atomic mass is 32.2. The Kier molecular flexibility index (Phi) is 4.53. The molecule has 0 amide bonds. The standard InChI is InChI=1S/C11H14O2S/c1-9(6-7-12)14-11-5-3-4-10(8-11)13-2/h3-5,7-9H,6H2,1-2H3. The maximum atomic E-state index is 10.3. The number of carbonyl (C=O) groups excluding carboxylic acids is 1. The Balaban J connectivity index is 2.61. The molecule has 0 fully saturated rings. The summed E-state index contributed by atoms with van der Waals surface area (Å²) in [6.07, 6.45) is 1.54. The van der Waals surface area contributed by atoms with Crippen molar-refractivity contribution in [1.29, 1.82) is 0 Å². The van der Waals surface area contributed by atoms with E-state index < -0.39 is 0 Å². The number of aldehydes is 1. The number of rotatable bonds is 5. The molecule has 0 aliphatic heterocycles. The van der Waals surface area contributed by atoms with Gasteiger partial charge in [0.25, 0.3) is 0 Å². The van der Waals surface area contributed by atoms with Crippen LogP contribution < -0.4 is 4.74 Å². The highest BCUT2D eigenvalue weighted by Crippen LogP contribution is 2.27. The number of ether oxygens (including phenoxy) is 1. The molecule has 76 valence electrons. The summed E-state index contributed by atoms with van der Waals surface area (Å²) in [5, 5.41) is 0.319. The first-order chi connectivity index (χ1) is 6.76. The SMILES string of the molecule is COc1cccc(SC(C)CC=O)c1. The second-order valence-electron chi connectivity index (χ2n) is 3.01. The van der Waals surface area contributed by atoms with Crippen LogP contribution in [0, 0.1) is 0 Å². The zero-order valence-electron chi connectivity index (χ0n) is 8.40. The van der Waals surface area contributed by atoms with Crippen molar-refractivity contribution in [2.24, 2.45) is 0 Å². The van der Waals surface area contributed by atoms with Crippen LogP contribution in [0.4, 0.5) is 0 Å². The molecule has 2 nitrogen and oxygen atoms in total. The van der Waals surface area contributed by atoms with Crippen LogP contribution in [0.5, 0.6) is 5.75 Å². The maximum Gasteiger partial charge on any atom is 0.121 e. The van der Waals surface area contributed by atoms with E-state index in [1.807, 2.05) is 31.2 Å². The number of hydrogen-bond acceptors (Lipinski definition) is 3. The molecule has 0 aromatic heterocycles. The van der Waals surface area contributed by atoms with Gasteiger partial charge in [-0.3, -0.25) is 0 Å². The minimum Gasteiger partial charge on any atom is -0.497 e. The Hall–Kier alpha value is -0.960. The first-order valence-electron chi connectivity index (χ1n) is 4.50. The molecule has 0 spiro atoms. The van der Waals surface area contributed by atoms with Crippen LogP contribution in [0.15, 0.2) is 29.2 Å². The van der Waals surface area contributed by atoms with Crippen molar-refractivity contribution >= 4 is 18.0 Å². The molecule has 0 heterocycles. The average Bonchev–Trinajstić information content (AvgIpc) is 2.18. The van der Waals surface area contributed by atoms with E-state index in [-0.39, 0.29) is 0 Å². The third-order valence-corrected chi connectivity index (χ3v) is 2.93. The largest absolute Gasteiger partial charge is 0.497 e. The van der Waals surface area contributed by atoms with Crippen LogP contribution in [-0.2, 0) is 4.79 Å². The lowest BCUT2D eigenvalue weighted by molar-refractivity contribution is -0.107. The molecule has 0 aliphatic rings. The number of benzene rings is 1. The summed E-state index contributed by atoms with van der Waals surface area (Å²) in [5.41, 5.74) is 0. The van der Waals surface area contributed by atoms with Crippen molar-refractivity contribution in [2.75, 3.05) is 7.11 Å². The van der Waals surface area contributed by atoms with E-state index in [0.717, 1.165) is 16.9 Å².